The Morgan fingerprint density at radius 3 is 2.90 bits per heavy atom. The molecule has 0 aliphatic rings. The van der Waals surface area contributed by atoms with Crippen LogP contribution < -0.4 is 0 Å². The summed E-state index contributed by atoms with van der Waals surface area (Å²) in [6.07, 6.45) is 3.46. The number of rotatable bonds is 6. The number of esters is 1. The summed E-state index contributed by atoms with van der Waals surface area (Å²) in [6.45, 7) is 2.49. The van der Waals surface area contributed by atoms with Gasteiger partial charge in [-0.25, -0.2) is 4.79 Å². The molecule has 0 aliphatic heterocycles. The zero-order valence-corrected chi connectivity index (χ0v) is 11.6. The summed E-state index contributed by atoms with van der Waals surface area (Å²) in [5.41, 5.74) is 1.10. The van der Waals surface area contributed by atoms with Gasteiger partial charge >= 0.3 is 5.97 Å². The highest BCUT2D eigenvalue weighted by Gasteiger charge is 2.13. The van der Waals surface area contributed by atoms with E-state index in [1.54, 1.807) is 36.0 Å². The van der Waals surface area contributed by atoms with Gasteiger partial charge in [-0.15, -0.1) is 0 Å². The summed E-state index contributed by atoms with van der Waals surface area (Å²) < 4.78 is 6.45. The largest absolute Gasteiger partial charge is 0.462 e. The average molecular weight is 289 g/mol. The van der Waals surface area contributed by atoms with Gasteiger partial charge in [0.05, 0.1) is 23.3 Å². The summed E-state index contributed by atoms with van der Waals surface area (Å²) in [5, 5.41) is 15.0. The third-order valence-corrected chi connectivity index (χ3v) is 2.94. The van der Waals surface area contributed by atoms with Crippen molar-refractivity contribution in [1.29, 1.82) is 0 Å². The number of aryl methyl sites for hydroxylation is 2. The lowest BCUT2D eigenvalue weighted by molar-refractivity contribution is -0.385. The second-order valence-electron chi connectivity index (χ2n) is 4.35. The van der Waals surface area contributed by atoms with Crippen molar-refractivity contribution in [2.45, 2.75) is 19.9 Å². The molecule has 0 amide bonds. The molecular formula is C14H15N3O4. The smallest absolute Gasteiger partial charge is 0.341 e. The van der Waals surface area contributed by atoms with Gasteiger partial charge in [-0.1, -0.05) is 18.2 Å². The van der Waals surface area contributed by atoms with E-state index in [0.29, 0.717) is 30.7 Å². The molecule has 0 radical (unpaired) electrons. The van der Waals surface area contributed by atoms with Crippen molar-refractivity contribution in [3.8, 4) is 0 Å². The molecule has 7 heteroatoms. The van der Waals surface area contributed by atoms with Crippen LogP contribution in [0.1, 0.15) is 22.8 Å². The maximum absolute atomic E-state index is 11.5. The normalized spacial score (nSPS) is 10.3. The maximum Gasteiger partial charge on any atom is 0.341 e. The summed E-state index contributed by atoms with van der Waals surface area (Å²) in [7, 11) is 0. The van der Waals surface area contributed by atoms with Crippen molar-refractivity contribution in [2.75, 3.05) is 6.61 Å². The van der Waals surface area contributed by atoms with Crippen LogP contribution in [0.5, 0.6) is 0 Å². The molecule has 1 aromatic carbocycles. The van der Waals surface area contributed by atoms with Crippen molar-refractivity contribution in [1.82, 2.24) is 9.78 Å². The first-order valence-electron chi connectivity index (χ1n) is 6.53. The van der Waals surface area contributed by atoms with Crippen LogP contribution >= 0.6 is 0 Å². The first-order valence-corrected chi connectivity index (χ1v) is 6.53. The minimum Gasteiger partial charge on any atom is -0.462 e. The molecule has 2 rings (SSSR count). The number of hydrogen-bond donors (Lipinski definition) is 0. The molecule has 0 saturated heterocycles. The van der Waals surface area contributed by atoms with E-state index in [1.165, 1.54) is 12.3 Å². The van der Waals surface area contributed by atoms with Crippen LogP contribution in [0.25, 0.3) is 0 Å². The Balaban J connectivity index is 2.04. The average Bonchev–Trinajstić information content (AvgIpc) is 2.94. The minimum atomic E-state index is -0.422. The molecule has 0 saturated carbocycles. The number of aromatic nitrogens is 2. The number of nitrogens with zero attached hydrogens (tertiary/aromatic N) is 3. The molecule has 21 heavy (non-hydrogen) atoms. The van der Waals surface area contributed by atoms with E-state index in [9.17, 15) is 14.9 Å². The third kappa shape index (κ3) is 3.65. The maximum atomic E-state index is 11.5. The van der Waals surface area contributed by atoms with Crippen LogP contribution in [-0.2, 0) is 17.7 Å². The van der Waals surface area contributed by atoms with Crippen molar-refractivity contribution >= 4 is 11.7 Å². The number of carbonyl (C=O) groups is 1. The number of para-hydroxylation sites is 1. The zero-order chi connectivity index (χ0) is 15.2. The Kier molecular flexibility index (Phi) is 4.65. The van der Waals surface area contributed by atoms with Gasteiger partial charge < -0.3 is 4.74 Å². The second-order valence-corrected chi connectivity index (χ2v) is 4.35. The predicted octanol–water partition coefficient (Wildman–Crippen LogP) is 2.21. The first-order chi connectivity index (χ1) is 10.1. The van der Waals surface area contributed by atoms with Gasteiger partial charge in [0.2, 0.25) is 0 Å². The van der Waals surface area contributed by atoms with E-state index in [4.69, 9.17) is 4.74 Å². The van der Waals surface area contributed by atoms with E-state index < -0.39 is 10.9 Å². The quantitative estimate of drug-likeness (QED) is 0.462. The van der Waals surface area contributed by atoms with Crippen LogP contribution in [-0.4, -0.2) is 27.3 Å². The molecule has 110 valence electrons. The fourth-order valence-corrected chi connectivity index (χ4v) is 1.94. The zero-order valence-electron chi connectivity index (χ0n) is 11.6. The van der Waals surface area contributed by atoms with Crippen molar-refractivity contribution in [2.24, 2.45) is 0 Å². The van der Waals surface area contributed by atoms with Gasteiger partial charge in [0.1, 0.15) is 0 Å². The Morgan fingerprint density at radius 1 is 1.43 bits per heavy atom. The molecule has 1 heterocycles. The lowest BCUT2D eigenvalue weighted by atomic mass is 10.1. The summed E-state index contributed by atoms with van der Waals surface area (Å²) >= 11 is 0. The van der Waals surface area contributed by atoms with Gasteiger partial charge in [-0.05, 0) is 13.3 Å². The Hall–Kier alpha value is -2.70. The van der Waals surface area contributed by atoms with Gasteiger partial charge in [0.25, 0.3) is 5.69 Å². The van der Waals surface area contributed by atoms with Crippen LogP contribution in [0.3, 0.4) is 0 Å². The standard InChI is InChI=1S/C14H15N3O4/c1-2-21-14(18)12-9-15-16(10-12)8-7-11-5-3-4-6-13(11)17(19)20/h3-6,9-10H,2,7-8H2,1H3. The highest BCUT2D eigenvalue weighted by molar-refractivity contribution is 5.88. The SMILES string of the molecule is CCOC(=O)c1cnn(CCc2ccccc2[N+](=O)[O-])c1. The lowest BCUT2D eigenvalue weighted by Crippen LogP contribution is -2.05. The highest BCUT2D eigenvalue weighted by atomic mass is 16.6. The van der Waals surface area contributed by atoms with Crippen LogP contribution in [0.4, 0.5) is 5.69 Å². The van der Waals surface area contributed by atoms with Gasteiger partial charge in [0, 0.05) is 24.4 Å². The molecule has 7 nitrogen and oxygen atoms in total. The molecule has 1 aromatic heterocycles. The first kappa shape index (κ1) is 14.7. The van der Waals surface area contributed by atoms with E-state index in [1.807, 2.05) is 0 Å². The Bertz CT molecular complexity index is 651. The number of benzene rings is 1. The van der Waals surface area contributed by atoms with E-state index in [-0.39, 0.29) is 5.69 Å². The topological polar surface area (TPSA) is 87.3 Å². The van der Waals surface area contributed by atoms with Gasteiger partial charge in [-0.3, -0.25) is 14.8 Å². The molecule has 0 bridgehead atoms. The van der Waals surface area contributed by atoms with E-state index in [0.717, 1.165) is 0 Å². The van der Waals surface area contributed by atoms with Crippen molar-refractivity contribution in [3.63, 3.8) is 0 Å². The highest BCUT2D eigenvalue weighted by Crippen LogP contribution is 2.18. The molecule has 0 aliphatic carbocycles. The minimum absolute atomic E-state index is 0.0928. The van der Waals surface area contributed by atoms with Crippen LogP contribution in [0, 0.1) is 10.1 Å². The molecule has 0 spiro atoms. The summed E-state index contributed by atoms with van der Waals surface area (Å²) in [4.78, 5) is 22.0. The monoisotopic (exact) mass is 289 g/mol. The van der Waals surface area contributed by atoms with Gasteiger partial charge in [-0.2, -0.15) is 5.10 Å². The molecule has 0 atom stereocenters. The van der Waals surface area contributed by atoms with E-state index >= 15 is 0 Å². The van der Waals surface area contributed by atoms with Gasteiger partial charge in [0.15, 0.2) is 0 Å². The van der Waals surface area contributed by atoms with Crippen molar-refractivity contribution < 1.29 is 14.5 Å². The molecule has 0 unspecified atom stereocenters. The van der Waals surface area contributed by atoms with Crippen LogP contribution in [0.15, 0.2) is 36.7 Å². The number of carbonyl (C=O) groups excluding carboxylic acids is 1. The number of hydrogen-bond acceptors (Lipinski definition) is 5. The predicted molar refractivity (Wildman–Crippen MR) is 75.0 cm³/mol. The Labute approximate surface area is 121 Å². The van der Waals surface area contributed by atoms with E-state index in [2.05, 4.69) is 5.10 Å². The molecule has 0 fully saturated rings. The number of nitro benzene ring substituents is 1. The lowest BCUT2D eigenvalue weighted by Gasteiger charge is -2.03. The fraction of sp³-hybridized carbons (Fsp3) is 0.286. The second kappa shape index (κ2) is 6.65. The Morgan fingerprint density at radius 2 is 2.19 bits per heavy atom. The third-order valence-electron chi connectivity index (χ3n) is 2.94. The van der Waals surface area contributed by atoms with Crippen LogP contribution in [0.2, 0.25) is 0 Å². The fourth-order valence-electron chi connectivity index (χ4n) is 1.94. The molecule has 0 N–H and O–H groups in total. The summed E-state index contributed by atoms with van der Waals surface area (Å²) in [6, 6.07) is 6.58. The number of nitro groups is 1. The number of ether oxygens (including phenoxy) is 1. The summed E-state index contributed by atoms with van der Waals surface area (Å²) in [5.74, 6) is -0.422. The molecular weight excluding hydrogens is 274 g/mol. The molecule has 2 aromatic rings. The van der Waals surface area contributed by atoms with Crippen molar-refractivity contribution in [3.05, 3.63) is 57.9 Å².